The van der Waals surface area contributed by atoms with Crippen molar-refractivity contribution in [3.8, 4) is 0 Å². The largest absolute Gasteiger partial charge is 0.478 e. The standard InChI is InChI=1S/C21H17ClN2O2/c22-18-13-16(10-11-20(25)26)14-23-21(18)24-19-9-5-4-8-17(19)12-15-6-2-1-3-7-15/h1-11,13-14H,12H2,(H,23,24)(H,25,26). The molecule has 0 amide bonds. The number of pyridine rings is 1. The molecule has 3 aromatic rings. The molecular formula is C21H17ClN2O2. The number of aliphatic carboxylic acids is 1. The van der Waals surface area contributed by atoms with E-state index in [1.54, 1.807) is 12.3 Å². The Balaban J connectivity index is 1.82. The summed E-state index contributed by atoms with van der Waals surface area (Å²) >= 11 is 6.30. The van der Waals surface area contributed by atoms with Gasteiger partial charge in [0.05, 0.1) is 5.02 Å². The molecule has 0 saturated carbocycles. The second-order valence-electron chi connectivity index (χ2n) is 5.72. The molecule has 2 N–H and O–H groups in total. The van der Waals surface area contributed by atoms with Gasteiger partial charge in [-0.3, -0.25) is 0 Å². The predicted molar refractivity (Wildman–Crippen MR) is 105 cm³/mol. The summed E-state index contributed by atoms with van der Waals surface area (Å²) in [6.45, 7) is 0. The van der Waals surface area contributed by atoms with E-state index in [1.807, 2.05) is 36.4 Å². The summed E-state index contributed by atoms with van der Waals surface area (Å²) in [6.07, 6.45) is 4.87. The first kappa shape index (κ1) is 17.7. The van der Waals surface area contributed by atoms with Crippen LogP contribution in [0.5, 0.6) is 0 Å². The third-order valence-electron chi connectivity index (χ3n) is 3.79. The molecule has 0 radical (unpaired) electrons. The zero-order valence-corrected chi connectivity index (χ0v) is 14.6. The van der Waals surface area contributed by atoms with Crippen LogP contribution < -0.4 is 5.32 Å². The Morgan fingerprint density at radius 2 is 1.85 bits per heavy atom. The zero-order chi connectivity index (χ0) is 18.4. The number of rotatable bonds is 6. The second-order valence-corrected chi connectivity index (χ2v) is 6.12. The van der Waals surface area contributed by atoms with Crippen LogP contribution in [0.25, 0.3) is 6.08 Å². The molecule has 0 aliphatic carbocycles. The van der Waals surface area contributed by atoms with Crippen LogP contribution in [0.15, 0.2) is 72.9 Å². The Hall–Kier alpha value is -3.11. The number of halogens is 1. The van der Waals surface area contributed by atoms with Gasteiger partial charge in [0.1, 0.15) is 5.82 Å². The number of benzene rings is 2. The van der Waals surface area contributed by atoms with E-state index in [4.69, 9.17) is 16.7 Å². The Labute approximate surface area is 156 Å². The molecule has 0 aliphatic rings. The normalized spacial score (nSPS) is 10.8. The van der Waals surface area contributed by atoms with Crippen molar-refractivity contribution in [2.24, 2.45) is 0 Å². The minimum absolute atomic E-state index is 0.423. The first-order chi connectivity index (χ1) is 12.6. The number of hydrogen-bond acceptors (Lipinski definition) is 3. The summed E-state index contributed by atoms with van der Waals surface area (Å²) < 4.78 is 0. The van der Waals surface area contributed by atoms with Crippen LogP contribution in [-0.2, 0) is 11.2 Å². The third-order valence-corrected chi connectivity index (χ3v) is 4.08. The molecule has 0 aliphatic heterocycles. The van der Waals surface area contributed by atoms with E-state index < -0.39 is 5.97 Å². The first-order valence-corrected chi connectivity index (χ1v) is 8.45. The lowest BCUT2D eigenvalue weighted by molar-refractivity contribution is -0.131. The molecule has 4 nitrogen and oxygen atoms in total. The van der Waals surface area contributed by atoms with E-state index in [9.17, 15) is 4.79 Å². The van der Waals surface area contributed by atoms with Crippen molar-refractivity contribution < 1.29 is 9.90 Å². The lowest BCUT2D eigenvalue weighted by atomic mass is 10.0. The molecule has 5 heteroatoms. The van der Waals surface area contributed by atoms with Crippen molar-refractivity contribution in [2.45, 2.75) is 6.42 Å². The van der Waals surface area contributed by atoms with Crippen LogP contribution in [0.4, 0.5) is 11.5 Å². The Morgan fingerprint density at radius 3 is 2.58 bits per heavy atom. The average molecular weight is 365 g/mol. The molecule has 1 heterocycles. The van der Waals surface area contributed by atoms with Crippen LogP contribution in [0.1, 0.15) is 16.7 Å². The maximum Gasteiger partial charge on any atom is 0.328 e. The van der Waals surface area contributed by atoms with Gasteiger partial charge in [-0.2, -0.15) is 0 Å². The van der Waals surface area contributed by atoms with E-state index in [2.05, 4.69) is 28.5 Å². The number of anilines is 2. The van der Waals surface area contributed by atoms with Crippen molar-refractivity contribution in [3.05, 3.63) is 94.6 Å². The number of aromatic nitrogens is 1. The molecule has 26 heavy (non-hydrogen) atoms. The molecule has 0 atom stereocenters. The molecule has 2 aromatic carbocycles. The first-order valence-electron chi connectivity index (χ1n) is 8.07. The summed E-state index contributed by atoms with van der Waals surface area (Å²) in [5.74, 6) is -0.488. The minimum atomic E-state index is -1.02. The summed E-state index contributed by atoms with van der Waals surface area (Å²) in [5.41, 5.74) is 3.90. The monoisotopic (exact) mass is 364 g/mol. The molecule has 3 rings (SSSR count). The third kappa shape index (κ3) is 4.71. The van der Waals surface area contributed by atoms with Gasteiger partial charge < -0.3 is 10.4 Å². The summed E-state index contributed by atoms with van der Waals surface area (Å²) in [5, 5.41) is 12.4. The van der Waals surface area contributed by atoms with Crippen LogP contribution in [0.3, 0.4) is 0 Å². The predicted octanol–water partition coefficient (Wildman–Crippen LogP) is 5.17. The minimum Gasteiger partial charge on any atom is -0.478 e. The quantitative estimate of drug-likeness (QED) is 0.592. The van der Waals surface area contributed by atoms with Gasteiger partial charge in [0.15, 0.2) is 0 Å². The summed E-state index contributed by atoms with van der Waals surface area (Å²) in [4.78, 5) is 14.9. The molecule has 0 bridgehead atoms. The molecule has 1 aromatic heterocycles. The van der Waals surface area contributed by atoms with Crippen molar-refractivity contribution in [1.29, 1.82) is 0 Å². The van der Waals surface area contributed by atoms with Gasteiger partial charge in [0.2, 0.25) is 0 Å². The van der Waals surface area contributed by atoms with Crippen LogP contribution >= 0.6 is 11.6 Å². The van der Waals surface area contributed by atoms with Crippen LogP contribution in [-0.4, -0.2) is 16.1 Å². The van der Waals surface area contributed by atoms with E-state index in [0.717, 1.165) is 23.7 Å². The fourth-order valence-electron chi connectivity index (χ4n) is 2.54. The Bertz CT molecular complexity index is 940. The highest BCUT2D eigenvalue weighted by molar-refractivity contribution is 6.33. The lowest BCUT2D eigenvalue weighted by Gasteiger charge is -2.13. The Morgan fingerprint density at radius 1 is 1.12 bits per heavy atom. The molecule has 0 saturated heterocycles. The van der Waals surface area contributed by atoms with Gasteiger partial charge in [0.25, 0.3) is 0 Å². The number of hydrogen-bond donors (Lipinski definition) is 2. The molecule has 0 fully saturated rings. The zero-order valence-electron chi connectivity index (χ0n) is 13.9. The van der Waals surface area contributed by atoms with Crippen LogP contribution in [0, 0.1) is 0 Å². The van der Waals surface area contributed by atoms with E-state index in [0.29, 0.717) is 16.4 Å². The highest BCUT2D eigenvalue weighted by Gasteiger charge is 2.07. The number of para-hydroxylation sites is 1. The van der Waals surface area contributed by atoms with Crippen LogP contribution in [0.2, 0.25) is 5.02 Å². The van der Waals surface area contributed by atoms with Crippen molar-refractivity contribution in [2.75, 3.05) is 5.32 Å². The molecule has 130 valence electrons. The molecule has 0 spiro atoms. The van der Waals surface area contributed by atoms with Crippen molar-refractivity contribution in [1.82, 2.24) is 4.98 Å². The number of nitrogens with one attached hydrogen (secondary N) is 1. The van der Waals surface area contributed by atoms with Gasteiger partial charge in [-0.15, -0.1) is 0 Å². The molecule has 0 unspecified atom stereocenters. The second kappa shape index (κ2) is 8.32. The van der Waals surface area contributed by atoms with E-state index >= 15 is 0 Å². The SMILES string of the molecule is O=C(O)C=Cc1cnc(Nc2ccccc2Cc2ccccc2)c(Cl)c1. The number of nitrogens with zero attached hydrogens (tertiary/aromatic N) is 1. The van der Waals surface area contributed by atoms with Crippen molar-refractivity contribution >= 4 is 35.2 Å². The number of carbonyl (C=O) groups is 1. The molecular weight excluding hydrogens is 348 g/mol. The highest BCUT2D eigenvalue weighted by Crippen LogP contribution is 2.27. The van der Waals surface area contributed by atoms with Gasteiger partial charge in [-0.1, -0.05) is 60.1 Å². The fraction of sp³-hybridized carbons (Fsp3) is 0.0476. The average Bonchev–Trinajstić information content (AvgIpc) is 2.64. The van der Waals surface area contributed by atoms with E-state index in [-0.39, 0.29) is 0 Å². The highest BCUT2D eigenvalue weighted by atomic mass is 35.5. The van der Waals surface area contributed by atoms with E-state index in [1.165, 1.54) is 11.6 Å². The van der Waals surface area contributed by atoms with Crippen molar-refractivity contribution in [3.63, 3.8) is 0 Å². The topological polar surface area (TPSA) is 62.2 Å². The maximum atomic E-state index is 10.6. The fourth-order valence-corrected chi connectivity index (χ4v) is 2.77. The van der Waals surface area contributed by atoms with Gasteiger partial charge in [0, 0.05) is 18.0 Å². The summed E-state index contributed by atoms with van der Waals surface area (Å²) in [6, 6.07) is 19.9. The number of carboxylic acids is 1. The van der Waals surface area contributed by atoms with Gasteiger partial charge in [-0.05, 0) is 41.3 Å². The Kier molecular flexibility index (Phi) is 5.66. The maximum absolute atomic E-state index is 10.6. The number of carboxylic acid groups (broad SMARTS) is 1. The van der Waals surface area contributed by atoms with Gasteiger partial charge >= 0.3 is 5.97 Å². The lowest BCUT2D eigenvalue weighted by Crippen LogP contribution is -1.99. The summed E-state index contributed by atoms with van der Waals surface area (Å²) in [7, 11) is 0. The van der Waals surface area contributed by atoms with Gasteiger partial charge in [-0.25, -0.2) is 9.78 Å². The smallest absolute Gasteiger partial charge is 0.328 e.